The Morgan fingerprint density at radius 3 is 2.75 bits per heavy atom. The predicted octanol–water partition coefficient (Wildman–Crippen LogP) is 4.00. The third-order valence-electron chi connectivity index (χ3n) is 6.26. The maximum atomic E-state index is 13.7. The molecule has 0 bridgehead atoms. The fraction of sp³-hybridized carbons (Fsp3) is 0.360. The Bertz CT molecular complexity index is 1400. The molecule has 1 amide bonds. The standard InChI is InChI=1S/C25H28Cl2N4O4S/c1-16-8-9-17-5-3-7-21(24(17)29-16)35-15-18-19(26)10-11-22(23(18)27)36(33,34)31-13-4-6-20(31)25(32)30(2)14-12-28/h3,5,7-11,20H,4,6,12-15,28H2,1-2H3/t20-/m0/s1. The molecular weight excluding hydrogens is 523 g/mol. The highest BCUT2D eigenvalue weighted by molar-refractivity contribution is 7.89. The van der Waals surface area contributed by atoms with Gasteiger partial charge < -0.3 is 15.4 Å². The molecule has 4 rings (SSSR count). The van der Waals surface area contributed by atoms with Crippen molar-refractivity contribution < 1.29 is 17.9 Å². The van der Waals surface area contributed by atoms with E-state index in [4.69, 9.17) is 33.7 Å². The minimum Gasteiger partial charge on any atom is -0.487 e. The second-order valence-electron chi connectivity index (χ2n) is 8.73. The zero-order valence-electron chi connectivity index (χ0n) is 20.1. The van der Waals surface area contributed by atoms with Crippen LogP contribution in [0.15, 0.2) is 47.4 Å². The van der Waals surface area contributed by atoms with Crippen molar-refractivity contribution in [1.82, 2.24) is 14.2 Å². The van der Waals surface area contributed by atoms with E-state index >= 15 is 0 Å². The van der Waals surface area contributed by atoms with Crippen molar-refractivity contribution in [2.24, 2.45) is 5.73 Å². The second kappa shape index (κ2) is 10.9. The molecule has 0 spiro atoms. The fourth-order valence-electron chi connectivity index (χ4n) is 4.35. The van der Waals surface area contributed by atoms with Crippen molar-refractivity contribution in [3.63, 3.8) is 0 Å². The molecule has 1 saturated heterocycles. The van der Waals surface area contributed by atoms with Crippen molar-refractivity contribution in [3.05, 3.63) is 63.8 Å². The van der Waals surface area contributed by atoms with Gasteiger partial charge in [0.2, 0.25) is 15.9 Å². The SMILES string of the molecule is Cc1ccc2cccc(OCc3c(Cl)ccc(S(=O)(=O)N4CCC[C@H]4C(=O)N(C)CCN)c3Cl)c2n1. The van der Waals surface area contributed by atoms with E-state index in [0.29, 0.717) is 42.8 Å². The number of sulfonamides is 1. The summed E-state index contributed by atoms with van der Waals surface area (Å²) in [4.78, 5) is 18.8. The van der Waals surface area contributed by atoms with Gasteiger partial charge in [-0.25, -0.2) is 13.4 Å². The molecule has 0 unspecified atom stereocenters. The van der Waals surface area contributed by atoms with E-state index in [9.17, 15) is 13.2 Å². The topological polar surface area (TPSA) is 106 Å². The number of halogens is 2. The molecule has 192 valence electrons. The van der Waals surface area contributed by atoms with Gasteiger partial charge in [-0.2, -0.15) is 4.31 Å². The van der Waals surface area contributed by atoms with Crippen LogP contribution >= 0.6 is 23.2 Å². The van der Waals surface area contributed by atoms with Gasteiger partial charge in [0.05, 0.1) is 5.02 Å². The smallest absolute Gasteiger partial charge is 0.245 e. The fourth-order valence-corrected chi connectivity index (χ4v) is 6.87. The Balaban J connectivity index is 1.64. The molecule has 1 atom stereocenters. The van der Waals surface area contributed by atoms with Crippen molar-refractivity contribution in [3.8, 4) is 5.75 Å². The molecule has 1 aliphatic rings. The van der Waals surface area contributed by atoms with Crippen LogP contribution in [-0.4, -0.2) is 61.2 Å². The van der Waals surface area contributed by atoms with Crippen molar-refractivity contribution >= 4 is 50.0 Å². The van der Waals surface area contributed by atoms with Crippen LogP contribution in [0.2, 0.25) is 10.0 Å². The molecule has 1 aliphatic heterocycles. The van der Waals surface area contributed by atoms with Gasteiger partial charge >= 0.3 is 0 Å². The molecule has 2 heterocycles. The summed E-state index contributed by atoms with van der Waals surface area (Å²) in [6.07, 6.45) is 1.00. The van der Waals surface area contributed by atoms with Gasteiger partial charge in [0.1, 0.15) is 28.8 Å². The van der Waals surface area contributed by atoms with Crippen LogP contribution < -0.4 is 10.5 Å². The lowest BCUT2D eigenvalue weighted by Gasteiger charge is -2.28. The number of ether oxygens (including phenoxy) is 1. The number of hydrogen-bond donors (Lipinski definition) is 1. The minimum atomic E-state index is -4.08. The van der Waals surface area contributed by atoms with E-state index in [0.717, 1.165) is 11.1 Å². The summed E-state index contributed by atoms with van der Waals surface area (Å²) in [6.45, 7) is 2.69. The lowest BCUT2D eigenvalue weighted by atomic mass is 10.2. The first kappa shape index (κ1) is 26.6. The number of carbonyl (C=O) groups excluding carboxylic acids is 1. The average molecular weight is 551 g/mol. The first-order valence-corrected chi connectivity index (χ1v) is 13.8. The normalized spacial score (nSPS) is 16.4. The maximum absolute atomic E-state index is 13.7. The highest BCUT2D eigenvalue weighted by atomic mass is 35.5. The van der Waals surface area contributed by atoms with Crippen LogP contribution in [0.25, 0.3) is 10.9 Å². The largest absolute Gasteiger partial charge is 0.487 e. The molecule has 1 aromatic heterocycles. The summed E-state index contributed by atoms with van der Waals surface area (Å²) < 4.78 is 34.5. The Kier molecular flexibility index (Phi) is 8.06. The van der Waals surface area contributed by atoms with E-state index < -0.39 is 16.1 Å². The number of pyridine rings is 1. The zero-order valence-corrected chi connectivity index (χ0v) is 22.4. The van der Waals surface area contributed by atoms with Gasteiger partial charge in [0, 0.05) is 48.3 Å². The van der Waals surface area contributed by atoms with Crippen LogP contribution in [0, 0.1) is 6.92 Å². The minimum absolute atomic E-state index is 0.0275. The molecule has 0 radical (unpaired) electrons. The number of aryl methyl sites for hydroxylation is 1. The Morgan fingerprint density at radius 1 is 1.22 bits per heavy atom. The number of likely N-dealkylation sites (N-methyl/N-ethyl adjacent to an activating group) is 1. The number of benzene rings is 2. The lowest BCUT2D eigenvalue weighted by molar-refractivity contribution is -0.133. The lowest BCUT2D eigenvalue weighted by Crippen LogP contribution is -2.47. The summed E-state index contributed by atoms with van der Waals surface area (Å²) in [6, 6.07) is 11.5. The van der Waals surface area contributed by atoms with Crippen molar-refractivity contribution in [2.45, 2.75) is 37.3 Å². The van der Waals surface area contributed by atoms with Crippen LogP contribution in [0.1, 0.15) is 24.1 Å². The number of fused-ring (bicyclic) bond motifs is 1. The van der Waals surface area contributed by atoms with Gasteiger partial charge in [-0.3, -0.25) is 4.79 Å². The van der Waals surface area contributed by atoms with Crippen LogP contribution in [0.4, 0.5) is 0 Å². The number of aromatic nitrogens is 1. The number of para-hydroxylation sites is 1. The van der Waals surface area contributed by atoms with Gasteiger partial charge in [-0.05, 0) is 44.0 Å². The average Bonchev–Trinajstić information content (AvgIpc) is 3.34. The first-order valence-electron chi connectivity index (χ1n) is 11.6. The molecule has 2 N–H and O–H groups in total. The molecule has 1 fully saturated rings. The van der Waals surface area contributed by atoms with E-state index in [1.165, 1.54) is 21.3 Å². The quantitative estimate of drug-likeness (QED) is 0.454. The highest BCUT2D eigenvalue weighted by Crippen LogP contribution is 2.36. The van der Waals surface area contributed by atoms with E-state index in [1.807, 2.05) is 31.2 Å². The molecule has 3 aromatic rings. The van der Waals surface area contributed by atoms with Crippen LogP contribution in [0.3, 0.4) is 0 Å². The van der Waals surface area contributed by atoms with Crippen molar-refractivity contribution in [2.75, 3.05) is 26.7 Å². The third kappa shape index (κ3) is 5.17. The molecule has 11 heteroatoms. The Morgan fingerprint density at radius 2 is 2.00 bits per heavy atom. The van der Waals surface area contributed by atoms with Gasteiger partial charge in [-0.15, -0.1) is 0 Å². The summed E-state index contributed by atoms with van der Waals surface area (Å²) in [5.74, 6) is 0.249. The van der Waals surface area contributed by atoms with Gasteiger partial charge in [0.15, 0.2) is 0 Å². The summed E-state index contributed by atoms with van der Waals surface area (Å²) >= 11 is 13.0. The molecule has 2 aromatic carbocycles. The first-order chi connectivity index (χ1) is 17.1. The van der Waals surface area contributed by atoms with Crippen molar-refractivity contribution in [1.29, 1.82) is 0 Å². The van der Waals surface area contributed by atoms with E-state index in [1.54, 1.807) is 13.1 Å². The van der Waals surface area contributed by atoms with Gasteiger partial charge in [0.25, 0.3) is 0 Å². The number of nitrogens with two attached hydrogens (primary N) is 1. The Hall–Kier alpha value is -2.43. The molecule has 36 heavy (non-hydrogen) atoms. The second-order valence-corrected chi connectivity index (χ2v) is 11.4. The van der Waals surface area contributed by atoms with Crippen LogP contribution in [-0.2, 0) is 21.4 Å². The Labute approximate surface area is 221 Å². The number of carbonyl (C=O) groups is 1. The molecule has 0 aliphatic carbocycles. The van der Waals surface area contributed by atoms with Crippen LogP contribution in [0.5, 0.6) is 5.75 Å². The van der Waals surface area contributed by atoms with E-state index in [2.05, 4.69) is 4.98 Å². The summed E-state index contributed by atoms with van der Waals surface area (Å²) in [5.41, 5.74) is 7.43. The molecule has 8 nitrogen and oxygen atoms in total. The zero-order chi connectivity index (χ0) is 26.0. The highest BCUT2D eigenvalue weighted by Gasteiger charge is 2.41. The maximum Gasteiger partial charge on any atom is 0.245 e. The third-order valence-corrected chi connectivity index (χ3v) is 9.11. The number of rotatable bonds is 8. The molecular formula is C25H28Cl2N4O4S. The van der Waals surface area contributed by atoms with E-state index in [-0.39, 0.29) is 34.0 Å². The number of hydrogen-bond acceptors (Lipinski definition) is 6. The summed E-state index contributed by atoms with van der Waals surface area (Å²) in [5, 5.41) is 1.16. The monoisotopic (exact) mass is 550 g/mol. The van der Waals surface area contributed by atoms with Gasteiger partial charge in [-0.1, -0.05) is 41.4 Å². The summed E-state index contributed by atoms with van der Waals surface area (Å²) in [7, 11) is -2.46. The predicted molar refractivity (Wildman–Crippen MR) is 141 cm³/mol. The number of amides is 1. The number of nitrogens with zero attached hydrogens (tertiary/aromatic N) is 3. The molecule has 0 saturated carbocycles.